The van der Waals surface area contributed by atoms with Crippen LogP contribution in [0.4, 0.5) is 0 Å². The molecule has 2 aromatic rings. The standard InChI is InChI=1S/C53H82N8O12S2/c1-14-32(6)43(38(72-10)27-40(63)59-25-19-22-37(59)44(73-11)33(7)47(64)55-36(53(70)71)26-34-20-16-15-17-21-34)58(9)50(67)41(30(2)3)56-49(66)42(31(4)5)57(8)39(62)23-18-24-54-48(65)35-28-60-51(68)45(74-12)46(75-13)52(69)61(60)29-35/h15-17,20-21,30-33,35-38,41-44H,14,18-19,22-29H2,1-13H3,(H,54,65)(H,55,64)(H,56,66)(H,70,71)/t32-,33+,36-,37-,38+,41-,42-,43-,44+/m0/s1. The van der Waals surface area contributed by atoms with Crippen LogP contribution in [-0.4, -0.2) is 167 Å². The second kappa shape index (κ2) is 28.8. The predicted molar refractivity (Wildman–Crippen MR) is 288 cm³/mol. The molecule has 1 aromatic heterocycles. The lowest BCUT2D eigenvalue weighted by Gasteiger charge is -2.41. The first-order valence-electron chi connectivity index (χ1n) is 26.0. The highest BCUT2D eigenvalue weighted by Crippen LogP contribution is 2.30. The summed E-state index contributed by atoms with van der Waals surface area (Å²) < 4.78 is 14.6. The lowest BCUT2D eigenvalue weighted by molar-refractivity contribution is -0.149. The van der Waals surface area contributed by atoms with Crippen molar-refractivity contribution >= 4 is 64.9 Å². The van der Waals surface area contributed by atoms with Gasteiger partial charge in [-0.05, 0) is 55.1 Å². The highest BCUT2D eigenvalue weighted by Gasteiger charge is 2.44. The number of hydrogen-bond donors (Lipinski definition) is 4. The molecule has 0 unspecified atom stereocenters. The van der Waals surface area contributed by atoms with Crippen molar-refractivity contribution in [1.29, 1.82) is 0 Å². The third kappa shape index (κ3) is 15.3. The van der Waals surface area contributed by atoms with Gasteiger partial charge in [-0.25, -0.2) is 14.2 Å². The Morgan fingerprint density at radius 2 is 1.43 bits per heavy atom. The highest BCUT2D eigenvalue weighted by molar-refractivity contribution is 8.01. The minimum atomic E-state index is -1.17. The second-order valence-electron chi connectivity index (χ2n) is 20.5. The van der Waals surface area contributed by atoms with E-state index < -0.39 is 77.9 Å². The van der Waals surface area contributed by atoms with E-state index in [9.17, 15) is 48.3 Å². The zero-order chi connectivity index (χ0) is 56.0. The van der Waals surface area contributed by atoms with Crippen LogP contribution >= 0.6 is 23.5 Å². The van der Waals surface area contributed by atoms with E-state index in [0.29, 0.717) is 35.6 Å². The number of methoxy groups -OCH3 is 2. The molecule has 3 heterocycles. The SMILES string of the molecule is CC[C@H](C)[C@@H]([C@@H](CC(=O)N1CCC[C@H]1[C@H](OC)[C@@H](C)C(=O)N[C@@H](Cc1ccccc1)C(=O)O)OC)N(C)C(=O)[C@@H](NC(=O)[C@H](C(C)C)N(C)C(=O)CCCNC(=O)C1Cn2c(=O)c(SC)c(SC)c(=O)n2C1)C(C)C. The number of thioether (sulfide) groups is 2. The number of aromatic nitrogens is 2. The topological polar surface area (TPSA) is 248 Å². The summed E-state index contributed by atoms with van der Waals surface area (Å²) in [5.41, 5.74) is 0.129. The molecule has 4 N–H and O–H groups in total. The summed E-state index contributed by atoms with van der Waals surface area (Å²) in [6, 6.07) is 4.77. The van der Waals surface area contributed by atoms with Crippen LogP contribution in [0.1, 0.15) is 92.6 Å². The molecular formula is C53H82N8O12S2. The Kier molecular flexibility index (Phi) is 23.9. The Balaban J connectivity index is 1.40. The van der Waals surface area contributed by atoms with Crippen LogP contribution in [0.5, 0.6) is 0 Å². The summed E-state index contributed by atoms with van der Waals surface area (Å²) in [7, 11) is 6.14. The van der Waals surface area contributed by atoms with Crippen LogP contribution in [0.25, 0.3) is 0 Å². The van der Waals surface area contributed by atoms with E-state index in [-0.39, 0.29) is 91.9 Å². The van der Waals surface area contributed by atoms with Crippen molar-refractivity contribution in [2.24, 2.45) is 29.6 Å². The van der Waals surface area contributed by atoms with Crippen molar-refractivity contribution in [2.75, 3.05) is 53.9 Å². The summed E-state index contributed by atoms with van der Waals surface area (Å²) >= 11 is 2.40. The fourth-order valence-electron chi connectivity index (χ4n) is 10.5. The van der Waals surface area contributed by atoms with E-state index in [0.717, 1.165) is 5.56 Å². The zero-order valence-electron chi connectivity index (χ0n) is 46.1. The summed E-state index contributed by atoms with van der Waals surface area (Å²) in [5, 5.41) is 18.4. The number of carboxylic acid groups (broad SMARTS) is 1. The molecule has 1 aromatic carbocycles. The first kappa shape index (κ1) is 62.4. The number of hydrogen-bond acceptors (Lipinski definition) is 13. The lowest BCUT2D eigenvalue weighted by Crippen LogP contribution is -2.60. The first-order valence-corrected chi connectivity index (χ1v) is 28.4. The Hall–Kier alpha value is -5.19. The van der Waals surface area contributed by atoms with Crippen molar-refractivity contribution in [3.63, 3.8) is 0 Å². The number of nitrogens with one attached hydrogen (secondary N) is 3. The van der Waals surface area contributed by atoms with Gasteiger partial charge >= 0.3 is 5.97 Å². The normalized spacial score (nSPS) is 17.8. The minimum absolute atomic E-state index is 0.00923. The van der Waals surface area contributed by atoms with Crippen molar-refractivity contribution in [3.05, 3.63) is 56.6 Å². The van der Waals surface area contributed by atoms with Crippen LogP contribution in [0, 0.1) is 29.6 Å². The van der Waals surface area contributed by atoms with E-state index >= 15 is 0 Å². The van der Waals surface area contributed by atoms with Gasteiger partial charge in [0.25, 0.3) is 11.1 Å². The van der Waals surface area contributed by atoms with Gasteiger partial charge < -0.3 is 45.2 Å². The molecule has 0 radical (unpaired) electrons. The van der Waals surface area contributed by atoms with Gasteiger partial charge in [-0.3, -0.25) is 38.4 Å². The van der Waals surface area contributed by atoms with E-state index in [1.54, 1.807) is 60.5 Å². The molecule has 1 saturated heterocycles. The number of likely N-dealkylation sites (N-methyl/N-ethyl adjacent to an activating group) is 2. The monoisotopic (exact) mass is 1090 g/mol. The van der Waals surface area contributed by atoms with Gasteiger partial charge in [-0.2, -0.15) is 0 Å². The zero-order valence-corrected chi connectivity index (χ0v) is 47.7. The van der Waals surface area contributed by atoms with E-state index in [1.807, 2.05) is 47.6 Å². The Bertz CT molecular complexity index is 2390. The molecule has 20 nitrogen and oxygen atoms in total. The van der Waals surface area contributed by atoms with E-state index in [4.69, 9.17) is 9.47 Å². The number of carbonyl (C=O) groups is 7. The van der Waals surface area contributed by atoms with Crippen molar-refractivity contribution in [1.82, 2.24) is 40.0 Å². The van der Waals surface area contributed by atoms with Crippen molar-refractivity contribution in [2.45, 2.75) is 159 Å². The number of aliphatic carboxylic acids is 1. The second-order valence-corrected chi connectivity index (χ2v) is 22.2. The molecule has 4 rings (SSSR count). The number of ether oxygens (including phenoxy) is 2. The molecule has 0 saturated carbocycles. The van der Waals surface area contributed by atoms with Crippen LogP contribution in [0.2, 0.25) is 0 Å². The number of rotatable bonds is 28. The maximum Gasteiger partial charge on any atom is 0.326 e. The predicted octanol–water partition coefficient (Wildman–Crippen LogP) is 3.34. The number of carbonyl (C=O) groups excluding carboxylic acids is 6. The average molecular weight is 1090 g/mol. The minimum Gasteiger partial charge on any atom is -0.480 e. The Labute approximate surface area is 450 Å². The summed E-state index contributed by atoms with van der Waals surface area (Å²) in [4.78, 5) is 128. The highest BCUT2D eigenvalue weighted by atomic mass is 32.2. The Morgan fingerprint density at radius 3 is 1.93 bits per heavy atom. The molecule has 75 heavy (non-hydrogen) atoms. The summed E-state index contributed by atoms with van der Waals surface area (Å²) in [6.07, 6.45) is 4.03. The van der Waals surface area contributed by atoms with Gasteiger partial charge in [0.15, 0.2) is 0 Å². The molecule has 0 aliphatic carbocycles. The quantitative estimate of drug-likeness (QED) is 0.0706. The third-order valence-electron chi connectivity index (χ3n) is 14.9. The van der Waals surface area contributed by atoms with Gasteiger partial charge in [-0.1, -0.05) is 85.2 Å². The fraction of sp³-hybridized carbons (Fsp3) is 0.679. The molecule has 0 bridgehead atoms. The molecule has 2 aliphatic rings. The number of fused-ring (bicyclic) bond motifs is 1. The molecule has 418 valence electrons. The number of likely N-dealkylation sites (tertiary alicyclic amines) is 1. The molecule has 2 aliphatic heterocycles. The van der Waals surface area contributed by atoms with Gasteiger partial charge in [0.1, 0.15) is 18.1 Å². The molecule has 6 amide bonds. The number of benzene rings is 1. The summed E-state index contributed by atoms with van der Waals surface area (Å²) in [5.74, 6) is -5.88. The number of nitrogens with zero attached hydrogens (tertiary/aromatic N) is 5. The maximum atomic E-state index is 14.7. The van der Waals surface area contributed by atoms with E-state index in [1.165, 1.54) is 59.1 Å². The van der Waals surface area contributed by atoms with Gasteiger partial charge in [0, 0.05) is 54.2 Å². The van der Waals surface area contributed by atoms with Crippen LogP contribution in [-0.2, 0) is 62.5 Å². The molecular weight excluding hydrogens is 1000 g/mol. The smallest absolute Gasteiger partial charge is 0.326 e. The van der Waals surface area contributed by atoms with E-state index in [2.05, 4.69) is 16.0 Å². The molecule has 1 fully saturated rings. The van der Waals surface area contributed by atoms with Crippen LogP contribution in [0.3, 0.4) is 0 Å². The fourth-order valence-corrected chi connectivity index (χ4v) is 12.1. The van der Waals surface area contributed by atoms with Gasteiger partial charge in [0.2, 0.25) is 35.4 Å². The van der Waals surface area contributed by atoms with Gasteiger partial charge in [0.05, 0.1) is 65.4 Å². The van der Waals surface area contributed by atoms with Crippen molar-refractivity contribution in [3.8, 4) is 0 Å². The maximum absolute atomic E-state index is 14.7. The Morgan fingerprint density at radius 1 is 0.827 bits per heavy atom. The van der Waals surface area contributed by atoms with Crippen LogP contribution < -0.4 is 27.1 Å². The van der Waals surface area contributed by atoms with Crippen LogP contribution in [0.15, 0.2) is 49.7 Å². The number of carboxylic acids is 1. The largest absolute Gasteiger partial charge is 0.480 e. The van der Waals surface area contributed by atoms with Gasteiger partial charge in [-0.15, -0.1) is 23.5 Å². The summed E-state index contributed by atoms with van der Waals surface area (Å²) in [6.45, 7) is 13.5. The number of amides is 6. The molecule has 22 heteroatoms. The lowest BCUT2D eigenvalue weighted by atomic mass is 9.89. The third-order valence-corrected chi connectivity index (χ3v) is 16.6. The molecule has 0 spiro atoms. The van der Waals surface area contributed by atoms with Crippen molar-refractivity contribution < 1.29 is 48.1 Å². The first-order chi connectivity index (χ1) is 35.5. The average Bonchev–Trinajstić information content (AvgIpc) is 4.06. The molecule has 9 atom stereocenters.